The molecule has 30 heavy (non-hydrogen) atoms. The first-order valence-corrected chi connectivity index (χ1v) is 9.94. The predicted molar refractivity (Wildman–Crippen MR) is 106 cm³/mol. The second kappa shape index (κ2) is 7.83. The van der Waals surface area contributed by atoms with E-state index >= 15 is 0 Å². The van der Waals surface area contributed by atoms with Crippen LogP contribution >= 0.6 is 0 Å². The zero-order valence-corrected chi connectivity index (χ0v) is 16.3. The van der Waals surface area contributed by atoms with E-state index in [0.29, 0.717) is 31.0 Å². The Bertz CT molecular complexity index is 1030. The normalized spacial score (nSPS) is 18.9. The SMILES string of the molecule is O=C(c1nnn2c1COC(c1ccc(F)cc1)C2)N1CCN(c2ccccn2)CC1. The van der Waals surface area contributed by atoms with Gasteiger partial charge in [-0.25, -0.2) is 14.1 Å². The Morgan fingerprint density at radius 3 is 2.60 bits per heavy atom. The number of hydrogen-bond acceptors (Lipinski definition) is 6. The standard InChI is InChI=1S/C21H21FN6O2/c22-16-6-4-15(5-7-16)18-13-28-17(14-30-18)20(24-25-28)21(29)27-11-9-26(10-12-27)19-3-1-2-8-23-19/h1-8,18H,9-14H2. The second-order valence-corrected chi connectivity index (χ2v) is 7.39. The van der Waals surface area contributed by atoms with E-state index < -0.39 is 0 Å². The van der Waals surface area contributed by atoms with Crippen molar-refractivity contribution < 1.29 is 13.9 Å². The molecule has 3 aromatic rings. The van der Waals surface area contributed by atoms with Gasteiger partial charge in [-0.05, 0) is 29.8 Å². The van der Waals surface area contributed by atoms with Gasteiger partial charge < -0.3 is 14.5 Å². The van der Waals surface area contributed by atoms with Crippen molar-refractivity contribution in [2.75, 3.05) is 31.1 Å². The Kier molecular flexibility index (Phi) is 4.88. The number of aromatic nitrogens is 4. The first-order chi connectivity index (χ1) is 14.7. The minimum Gasteiger partial charge on any atom is -0.365 e. The van der Waals surface area contributed by atoms with Crippen molar-refractivity contribution in [2.24, 2.45) is 0 Å². The molecule has 8 nitrogen and oxygen atoms in total. The second-order valence-electron chi connectivity index (χ2n) is 7.39. The fourth-order valence-electron chi connectivity index (χ4n) is 3.89. The molecule has 0 spiro atoms. The molecule has 2 aliphatic heterocycles. The molecule has 1 atom stereocenters. The lowest BCUT2D eigenvalue weighted by Gasteiger charge is -2.35. The minimum atomic E-state index is -0.285. The van der Waals surface area contributed by atoms with E-state index in [1.165, 1.54) is 12.1 Å². The van der Waals surface area contributed by atoms with E-state index in [4.69, 9.17) is 4.74 Å². The highest BCUT2D eigenvalue weighted by atomic mass is 19.1. The van der Waals surface area contributed by atoms with Gasteiger partial charge in [-0.1, -0.05) is 23.4 Å². The van der Waals surface area contributed by atoms with Crippen molar-refractivity contribution in [3.8, 4) is 0 Å². The van der Waals surface area contributed by atoms with Gasteiger partial charge in [0.1, 0.15) is 17.7 Å². The molecule has 1 aromatic carbocycles. The third-order valence-electron chi connectivity index (χ3n) is 5.58. The molecule has 5 rings (SSSR count). The van der Waals surface area contributed by atoms with Gasteiger partial charge in [0, 0.05) is 32.4 Å². The number of pyridine rings is 1. The lowest BCUT2D eigenvalue weighted by molar-refractivity contribution is -0.00199. The van der Waals surface area contributed by atoms with Crippen LogP contribution in [0.2, 0.25) is 0 Å². The number of carbonyl (C=O) groups excluding carboxylic acids is 1. The molecule has 0 saturated carbocycles. The van der Waals surface area contributed by atoms with Gasteiger partial charge in [0.25, 0.3) is 5.91 Å². The fraction of sp³-hybridized carbons (Fsp3) is 0.333. The van der Waals surface area contributed by atoms with Gasteiger partial charge in [-0.15, -0.1) is 5.10 Å². The summed E-state index contributed by atoms with van der Waals surface area (Å²) in [6.07, 6.45) is 1.53. The van der Waals surface area contributed by atoms with Crippen molar-refractivity contribution in [2.45, 2.75) is 19.3 Å². The maximum atomic E-state index is 13.2. The molecule has 1 unspecified atom stereocenters. The summed E-state index contributed by atoms with van der Waals surface area (Å²) in [5.41, 5.74) is 1.90. The van der Waals surface area contributed by atoms with E-state index in [-0.39, 0.29) is 24.4 Å². The smallest absolute Gasteiger partial charge is 0.276 e. The van der Waals surface area contributed by atoms with E-state index in [2.05, 4.69) is 20.2 Å². The highest BCUT2D eigenvalue weighted by Gasteiger charge is 2.31. The molecule has 0 bridgehead atoms. The predicted octanol–water partition coefficient (Wildman–Crippen LogP) is 2.05. The topological polar surface area (TPSA) is 76.4 Å². The highest BCUT2D eigenvalue weighted by Crippen LogP contribution is 2.27. The average Bonchev–Trinajstić information content (AvgIpc) is 3.23. The molecule has 1 fully saturated rings. The van der Waals surface area contributed by atoms with Gasteiger partial charge in [-0.3, -0.25) is 4.79 Å². The number of rotatable bonds is 3. The number of benzene rings is 1. The van der Waals surface area contributed by atoms with Crippen LogP contribution in [0.1, 0.15) is 27.8 Å². The van der Waals surface area contributed by atoms with Gasteiger partial charge in [0.2, 0.25) is 0 Å². The molecule has 154 valence electrons. The lowest BCUT2D eigenvalue weighted by atomic mass is 10.1. The summed E-state index contributed by atoms with van der Waals surface area (Å²) in [6.45, 7) is 3.31. The maximum absolute atomic E-state index is 13.2. The summed E-state index contributed by atoms with van der Waals surface area (Å²) in [5, 5.41) is 8.32. The molecule has 1 amide bonds. The summed E-state index contributed by atoms with van der Waals surface area (Å²) in [7, 11) is 0. The monoisotopic (exact) mass is 408 g/mol. The first-order valence-electron chi connectivity index (χ1n) is 9.94. The quantitative estimate of drug-likeness (QED) is 0.660. The molecule has 2 aliphatic rings. The number of piperazine rings is 1. The van der Waals surface area contributed by atoms with Crippen LogP contribution in [0.3, 0.4) is 0 Å². The number of ether oxygens (including phenoxy) is 1. The zero-order chi connectivity index (χ0) is 20.5. The number of halogens is 1. The van der Waals surface area contributed by atoms with Crippen LogP contribution in [0.5, 0.6) is 0 Å². The molecule has 0 aliphatic carbocycles. The first kappa shape index (κ1) is 18.7. The molecular formula is C21H21FN6O2. The Morgan fingerprint density at radius 1 is 1.07 bits per heavy atom. The number of nitrogens with zero attached hydrogens (tertiary/aromatic N) is 6. The van der Waals surface area contributed by atoms with Crippen LogP contribution in [0.25, 0.3) is 0 Å². The highest BCUT2D eigenvalue weighted by molar-refractivity contribution is 5.93. The summed E-state index contributed by atoms with van der Waals surface area (Å²) >= 11 is 0. The maximum Gasteiger partial charge on any atom is 0.276 e. The van der Waals surface area contributed by atoms with Crippen LogP contribution in [0.4, 0.5) is 10.2 Å². The molecule has 4 heterocycles. The van der Waals surface area contributed by atoms with E-state index in [9.17, 15) is 9.18 Å². The van der Waals surface area contributed by atoms with Crippen LogP contribution in [-0.4, -0.2) is 57.0 Å². The Balaban J connectivity index is 1.26. The average molecular weight is 408 g/mol. The van der Waals surface area contributed by atoms with Crippen molar-refractivity contribution in [3.63, 3.8) is 0 Å². The van der Waals surface area contributed by atoms with E-state index in [1.54, 1.807) is 27.9 Å². The summed E-state index contributed by atoms with van der Waals surface area (Å²) in [4.78, 5) is 21.4. The van der Waals surface area contributed by atoms with Crippen LogP contribution in [0.15, 0.2) is 48.7 Å². The Morgan fingerprint density at radius 2 is 1.87 bits per heavy atom. The van der Waals surface area contributed by atoms with E-state index in [0.717, 1.165) is 24.5 Å². The Hall–Kier alpha value is -3.33. The third-order valence-corrected chi connectivity index (χ3v) is 5.58. The number of fused-ring (bicyclic) bond motifs is 1. The van der Waals surface area contributed by atoms with Crippen LogP contribution < -0.4 is 4.90 Å². The lowest BCUT2D eigenvalue weighted by Crippen LogP contribution is -2.49. The van der Waals surface area contributed by atoms with Gasteiger partial charge in [0.05, 0.1) is 18.8 Å². The van der Waals surface area contributed by atoms with Crippen molar-refractivity contribution in [1.29, 1.82) is 0 Å². The third kappa shape index (κ3) is 3.52. The fourth-order valence-corrected chi connectivity index (χ4v) is 3.89. The summed E-state index contributed by atoms with van der Waals surface area (Å²) in [6, 6.07) is 12.1. The zero-order valence-electron chi connectivity index (χ0n) is 16.3. The van der Waals surface area contributed by atoms with Crippen molar-refractivity contribution in [1.82, 2.24) is 24.9 Å². The summed E-state index contributed by atoms with van der Waals surface area (Å²) in [5.74, 6) is 0.513. The number of amides is 1. The number of anilines is 1. The van der Waals surface area contributed by atoms with Gasteiger partial charge >= 0.3 is 0 Å². The molecule has 0 radical (unpaired) electrons. The molecule has 2 aromatic heterocycles. The van der Waals surface area contributed by atoms with Crippen LogP contribution in [-0.2, 0) is 17.9 Å². The van der Waals surface area contributed by atoms with Gasteiger partial charge in [-0.2, -0.15) is 0 Å². The van der Waals surface area contributed by atoms with Crippen molar-refractivity contribution in [3.05, 3.63) is 71.4 Å². The molecular weight excluding hydrogens is 387 g/mol. The largest absolute Gasteiger partial charge is 0.365 e. The number of carbonyl (C=O) groups is 1. The van der Waals surface area contributed by atoms with Crippen LogP contribution in [0, 0.1) is 5.82 Å². The molecule has 9 heteroatoms. The molecule has 0 N–H and O–H groups in total. The van der Waals surface area contributed by atoms with Gasteiger partial charge in [0.15, 0.2) is 5.69 Å². The van der Waals surface area contributed by atoms with E-state index in [1.807, 2.05) is 18.2 Å². The number of hydrogen-bond donors (Lipinski definition) is 0. The Labute approximate surface area is 172 Å². The molecule has 1 saturated heterocycles. The minimum absolute atomic E-state index is 0.124. The van der Waals surface area contributed by atoms with Crippen molar-refractivity contribution >= 4 is 11.7 Å². The summed E-state index contributed by atoms with van der Waals surface area (Å²) < 4.78 is 20.8.